The second-order valence-electron chi connectivity index (χ2n) is 7.04. The Kier molecular flexibility index (Phi) is 10.8. The van der Waals surface area contributed by atoms with Crippen LogP contribution in [-0.2, 0) is 24.0 Å². The molecule has 0 aromatic rings. The van der Waals surface area contributed by atoms with Crippen molar-refractivity contribution in [2.45, 2.75) is 51.0 Å². The molecule has 1 heterocycles. The summed E-state index contributed by atoms with van der Waals surface area (Å²) in [4.78, 5) is 62.3. The minimum Gasteiger partial charge on any atom is -0.359 e. The number of unbranched alkanes of at least 4 members (excludes halogenated alkanes) is 2. The van der Waals surface area contributed by atoms with Crippen LogP contribution in [0.15, 0.2) is 12.2 Å². The van der Waals surface area contributed by atoms with E-state index in [1.165, 1.54) is 29.0 Å². The van der Waals surface area contributed by atoms with E-state index in [1.807, 2.05) is 0 Å². The van der Waals surface area contributed by atoms with Crippen LogP contribution < -0.4 is 10.6 Å². The molecule has 0 saturated carbocycles. The summed E-state index contributed by atoms with van der Waals surface area (Å²) in [5, 5.41) is 5.47. The minimum absolute atomic E-state index is 0.0523. The zero-order valence-corrected chi connectivity index (χ0v) is 17.5. The molecule has 29 heavy (non-hydrogen) atoms. The SMILES string of the molecule is CNCCCC(=O)[C@H](CC(=O)NC)N(C)C(=O)CCCCCN1C(=O)C=CC1=O. The van der Waals surface area contributed by atoms with Gasteiger partial charge in [-0.2, -0.15) is 0 Å². The van der Waals surface area contributed by atoms with E-state index >= 15 is 0 Å². The van der Waals surface area contributed by atoms with Gasteiger partial charge in [0.1, 0.15) is 0 Å². The topological polar surface area (TPSA) is 116 Å². The van der Waals surface area contributed by atoms with Gasteiger partial charge in [0, 0.05) is 45.6 Å². The first-order chi connectivity index (χ1) is 13.8. The quantitative estimate of drug-likeness (QED) is 0.309. The average molecular weight is 408 g/mol. The first kappa shape index (κ1) is 24.5. The van der Waals surface area contributed by atoms with E-state index in [-0.39, 0.29) is 42.3 Å². The summed E-state index contributed by atoms with van der Waals surface area (Å²) < 4.78 is 0. The van der Waals surface area contributed by atoms with Crippen LogP contribution in [0.5, 0.6) is 0 Å². The number of imide groups is 1. The summed E-state index contributed by atoms with van der Waals surface area (Å²) in [5.74, 6) is -1.22. The molecule has 0 bridgehead atoms. The molecule has 1 atom stereocenters. The largest absolute Gasteiger partial charge is 0.359 e. The number of rotatable bonds is 14. The lowest BCUT2D eigenvalue weighted by Crippen LogP contribution is -2.45. The number of carbonyl (C=O) groups excluding carboxylic acids is 5. The lowest BCUT2D eigenvalue weighted by molar-refractivity contribution is -0.140. The molecule has 2 N–H and O–H groups in total. The fraction of sp³-hybridized carbons (Fsp3) is 0.650. The summed E-state index contributed by atoms with van der Waals surface area (Å²) in [6.45, 7) is 1.02. The maximum atomic E-state index is 12.5. The third-order valence-electron chi connectivity index (χ3n) is 4.91. The molecular formula is C20H32N4O5. The van der Waals surface area contributed by atoms with Crippen LogP contribution in [0.1, 0.15) is 44.9 Å². The maximum absolute atomic E-state index is 12.5. The molecule has 0 aliphatic carbocycles. The standard InChI is InChI=1S/C20H32N4O5/c1-21-12-7-8-16(25)15(14-17(26)22-2)23(3)18(27)9-5-4-6-13-24-19(28)10-11-20(24)29/h10-11,15,21H,4-9,12-14H2,1-3H3,(H,22,26)/t15-/m0/s1. The van der Waals surface area contributed by atoms with Crippen LogP contribution in [0, 0.1) is 0 Å². The number of likely N-dealkylation sites (N-methyl/N-ethyl adjacent to an activating group) is 1. The van der Waals surface area contributed by atoms with E-state index in [4.69, 9.17) is 0 Å². The van der Waals surface area contributed by atoms with Crippen molar-refractivity contribution in [1.82, 2.24) is 20.4 Å². The van der Waals surface area contributed by atoms with Gasteiger partial charge < -0.3 is 15.5 Å². The summed E-state index contributed by atoms with van der Waals surface area (Å²) in [6.07, 6.45) is 5.49. The van der Waals surface area contributed by atoms with Crippen molar-refractivity contribution in [3.63, 3.8) is 0 Å². The van der Waals surface area contributed by atoms with Gasteiger partial charge in [0.2, 0.25) is 11.8 Å². The molecule has 0 spiro atoms. The number of hydrogen-bond donors (Lipinski definition) is 2. The Hall–Kier alpha value is -2.55. The molecule has 0 aromatic heterocycles. The predicted octanol–water partition coefficient (Wildman–Crippen LogP) is 0.00360. The number of ketones is 1. The molecule has 0 fully saturated rings. The van der Waals surface area contributed by atoms with E-state index in [0.717, 1.165) is 0 Å². The molecule has 1 aliphatic heterocycles. The minimum atomic E-state index is -0.773. The highest BCUT2D eigenvalue weighted by atomic mass is 16.2. The molecule has 0 aromatic carbocycles. The summed E-state index contributed by atoms with van der Waals surface area (Å²) in [5.41, 5.74) is 0. The van der Waals surface area contributed by atoms with Crippen LogP contribution in [0.2, 0.25) is 0 Å². The van der Waals surface area contributed by atoms with Crippen molar-refractivity contribution in [1.29, 1.82) is 0 Å². The highest BCUT2D eigenvalue weighted by molar-refractivity contribution is 6.12. The Labute approximate surface area is 171 Å². The maximum Gasteiger partial charge on any atom is 0.253 e. The van der Waals surface area contributed by atoms with Gasteiger partial charge in [-0.25, -0.2) is 0 Å². The second kappa shape index (κ2) is 12.8. The average Bonchev–Trinajstić information content (AvgIpc) is 3.02. The van der Waals surface area contributed by atoms with Crippen molar-refractivity contribution >= 4 is 29.4 Å². The van der Waals surface area contributed by atoms with E-state index in [0.29, 0.717) is 45.2 Å². The van der Waals surface area contributed by atoms with E-state index in [1.54, 1.807) is 14.1 Å². The number of nitrogens with zero attached hydrogens (tertiary/aromatic N) is 2. The van der Waals surface area contributed by atoms with Gasteiger partial charge in [-0.3, -0.25) is 28.9 Å². The molecule has 9 nitrogen and oxygen atoms in total. The molecule has 0 radical (unpaired) electrons. The lowest BCUT2D eigenvalue weighted by atomic mass is 10.0. The summed E-state index contributed by atoms with van der Waals surface area (Å²) >= 11 is 0. The van der Waals surface area contributed by atoms with Crippen molar-refractivity contribution < 1.29 is 24.0 Å². The molecule has 0 saturated heterocycles. The summed E-state index contributed by atoms with van der Waals surface area (Å²) in [7, 11) is 4.85. The van der Waals surface area contributed by atoms with E-state index in [2.05, 4.69) is 10.6 Å². The number of hydrogen-bond acceptors (Lipinski definition) is 6. The number of carbonyl (C=O) groups is 5. The fourth-order valence-corrected chi connectivity index (χ4v) is 3.08. The first-order valence-corrected chi connectivity index (χ1v) is 9.98. The normalized spacial score (nSPS) is 14.2. The van der Waals surface area contributed by atoms with Gasteiger partial charge in [-0.05, 0) is 32.9 Å². The lowest BCUT2D eigenvalue weighted by Gasteiger charge is -2.27. The first-order valence-electron chi connectivity index (χ1n) is 9.98. The number of nitrogens with one attached hydrogen (secondary N) is 2. The molecular weight excluding hydrogens is 376 g/mol. The molecule has 1 aliphatic rings. The van der Waals surface area contributed by atoms with Crippen LogP contribution >= 0.6 is 0 Å². The third-order valence-corrected chi connectivity index (χ3v) is 4.91. The predicted molar refractivity (Wildman–Crippen MR) is 108 cm³/mol. The fourth-order valence-electron chi connectivity index (χ4n) is 3.08. The Morgan fingerprint density at radius 2 is 1.66 bits per heavy atom. The van der Waals surface area contributed by atoms with Crippen LogP contribution in [0.3, 0.4) is 0 Å². The van der Waals surface area contributed by atoms with Crippen molar-refractivity contribution in [3.8, 4) is 0 Å². The van der Waals surface area contributed by atoms with Crippen molar-refractivity contribution in [2.24, 2.45) is 0 Å². The van der Waals surface area contributed by atoms with E-state index in [9.17, 15) is 24.0 Å². The monoisotopic (exact) mass is 408 g/mol. The molecule has 4 amide bonds. The van der Waals surface area contributed by atoms with Gasteiger partial charge >= 0.3 is 0 Å². The van der Waals surface area contributed by atoms with Gasteiger partial charge in [0.25, 0.3) is 11.8 Å². The van der Waals surface area contributed by atoms with Crippen LogP contribution in [0.4, 0.5) is 0 Å². The van der Waals surface area contributed by atoms with Crippen molar-refractivity contribution in [2.75, 3.05) is 34.2 Å². The van der Waals surface area contributed by atoms with Gasteiger partial charge in [-0.15, -0.1) is 0 Å². The zero-order chi connectivity index (χ0) is 21.8. The second-order valence-corrected chi connectivity index (χ2v) is 7.04. The number of Topliss-reactive ketones (excluding diaryl/α,β-unsaturated/α-hetero) is 1. The highest BCUT2D eigenvalue weighted by Gasteiger charge is 2.28. The van der Waals surface area contributed by atoms with Gasteiger partial charge in [0.15, 0.2) is 5.78 Å². The summed E-state index contributed by atoms with van der Waals surface area (Å²) in [6, 6.07) is -0.773. The Balaban J connectivity index is 2.46. The molecule has 9 heteroatoms. The molecule has 0 unspecified atom stereocenters. The van der Waals surface area contributed by atoms with E-state index < -0.39 is 6.04 Å². The Morgan fingerprint density at radius 1 is 1.00 bits per heavy atom. The molecule has 162 valence electrons. The Bertz CT molecular complexity index is 629. The van der Waals surface area contributed by atoms with Crippen LogP contribution in [0.25, 0.3) is 0 Å². The van der Waals surface area contributed by atoms with Gasteiger partial charge in [-0.1, -0.05) is 6.42 Å². The smallest absolute Gasteiger partial charge is 0.253 e. The van der Waals surface area contributed by atoms with Crippen molar-refractivity contribution in [3.05, 3.63) is 12.2 Å². The highest BCUT2D eigenvalue weighted by Crippen LogP contribution is 2.13. The number of amides is 4. The zero-order valence-electron chi connectivity index (χ0n) is 17.5. The van der Waals surface area contributed by atoms with Crippen LogP contribution in [-0.4, -0.2) is 79.5 Å². The third kappa shape index (κ3) is 8.15. The van der Waals surface area contributed by atoms with Gasteiger partial charge in [0.05, 0.1) is 12.5 Å². The Morgan fingerprint density at radius 3 is 2.24 bits per heavy atom. The molecule has 1 rings (SSSR count).